The van der Waals surface area contributed by atoms with Gasteiger partial charge in [0.05, 0.1) is 0 Å². The zero-order chi connectivity index (χ0) is 27.0. The lowest BCUT2D eigenvalue weighted by molar-refractivity contribution is 0.0751. The Kier molecular flexibility index (Phi) is 9.01. The monoisotopic (exact) mass is 530 g/mol. The van der Waals surface area contributed by atoms with Crippen molar-refractivity contribution >= 4 is 0 Å². The maximum absolute atomic E-state index is 2.77. The summed E-state index contributed by atoms with van der Waals surface area (Å²) in [4.78, 5) is 10.8. The molecule has 2 atom stereocenters. The Morgan fingerprint density at radius 2 is 0.900 bits per heavy atom. The first-order valence-corrected chi connectivity index (χ1v) is 14.9. The van der Waals surface area contributed by atoms with Crippen LogP contribution in [0.1, 0.15) is 22.3 Å². The Balaban J connectivity index is 1.30. The molecule has 4 aromatic carbocycles. The van der Waals surface area contributed by atoms with Crippen LogP contribution in [0.15, 0.2) is 121 Å². The van der Waals surface area contributed by atoms with Crippen LogP contribution in [0.3, 0.4) is 0 Å². The summed E-state index contributed by atoms with van der Waals surface area (Å²) in [5.41, 5.74) is 5.56. The van der Waals surface area contributed by atoms with Gasteiger partial charge in [-0.3, -0.25) is 19.6 Å². The van der Waals surface area contributed by atoms with E-state index in [0.717, 1.165) is 39.3 Å². The normalized spacial score (nSPS) is 16.8. The molecule has 40 heavy (non-hydrogen) atoms. The highest BCUT2D eigenvalue weighted by Crippen LogP contribution is 2.26. The van der Waals surface area contributed by atoms with Crippen LogP contribution in [-0.4, -0.2) is 71.0 Å². The van der Waals surface area contributed by atoms with Crippen LogP contribution in [0, 0.1) is 0 Å². The highest BCUT2D eigenvalue weighted by Gasteiger charge is 2.40. The zero-order valence-electron chi connectivity index (χ0n) is 23.6. The largest absolute Gasteiger partial charge is 0.299 e. The third kappa shape index (κ3) is 7.89. The SMILES string of the molecule is c1ccc(CN(Cc2ccccc2)CC(C(CN2CC2)N(Cc2ccccc2)Cc2ccccc2)N2CC2)cc1. The van der Waals surface area contributed by atoms with Crippen LogP contribution in [0.4, 0.5) is 0 Å². The molecule has 2 aliphatic rings. The third-order valence-electron chi connectivity index (χ3n) is 8.25. The minimum absolute atomic E-state index is 0.444. The molecule has 0 spiro atoms. The number of hydrogen-bond acceptors (Lipinski definition) is 4. The molecule has 2 unspecified atom stereocenters. The van der Waals surface area contributed by atoms with E-state index in [9.17, 15) is 0 Å². The third-order valence-corrected chi connectivity index (χ3v) is 8.25. The Hall–Kier alpha value is -3.28. The average Bonchev–Trinajstić information content (AvgIpc) is 3.93. The fourth-order valence-corrected chi connectivity index (χ4v) is 5.93. The van der Waals surface area contributed by atoms with Crippen molar-refractivity contribution in [3.05, 3.63) is 144 Å². The van der Waals surface area contributed by atoms with Crippen molar-refractivity contribution in [3.8, 4) is 0 Å². The molecule has 0 bridgehead atoms. The molecule has 0 radical (unpaired) electrons. The van der Waals surface area contributed by atoms with E-state index in [1.54, 1.807) is 0 Å². The summed E-state index contributed by atoms with van der Waals surface area (Å²) in [5.74, 6) is 0. The van der Waals surface area contributed by atoms with Gasteiger partial charge in [-0.15, -0.1) is 0 Å². The predicted molar refractivity (Wildman–Crippen MR) is 165 cm³/mol. The minimum atomic E-state index is 0.444. The van der Waals surface area contributed by atoms with E-state index in [1.165, 1.54) is 48.4 Å². The quantitative estimate of drug-likeness (QED) is 0.181. The van der Waals surface area contributed by atoms with Gasteiger partial charge in [0.15, 0.2) is 0 Å². The molecular weight excluding hydrogens is 488 g/mol. The van der Waals surface area contributed by atoms with Crippen molar-refractivity contribution in [2.24, 2.45) is 0 Å². The maximum Gasteiger partial charge on any atom is 0.0398 e. The molecule has 4 heteroatoms. The Morgan fingerprint density at radius 3 is 1.27 bits per heavy atom. The summed E-state index contributed by atoms with van der Waals surface area (Å²) < 4.78 is 0. The van der Waals surface area contributed by atoms with E-state index < -0.39 is 0 Å². The van der Waals surface area contributed by atoms with Crippen LogP contribution in [0.2, 0.25) is 0 Å². The van der Waals surface area contributed by atoms with Crippen molar-refractivity contribution in [2.45, 2.75) is 38.3 Å². The van der Waals surface area contributed by atoms with Gasteiger partial charge in [-0.05, 0) is 22.3 Å². The Morgan fingerprint density at radius 1 is 0.500 bits per heavy atom. The van der Waals surface area contributed by atoms with Crippen molar-refractivity contribution in [1.29, 1.82) is 0 Å². The zero-order valence-corrected chi connectivity index (χ0v) is 23.6. The van der Waals surface area contributed by atoms with Gasteiger partial charge in [0, 0.05) is 77.5 Å². The van der Waals surface area contributed by atoms with Crippen LogP contribution >= 0.6 is 0 Å². The summed E-state index contributed by atoms with van der Waals surface area (Å²) in [5, 5.41) is 0. The second-order valence-corrected chi connectivity index (χ2v) is 11.5. The fraction of sp³-hybridized carbons (Fsp3) is 0.333. The summed E-state index contributed by atoms with van der Waals surface area (Å²) in [6.07, 6.45) is 0. The summed E-state index contributed by atoms with van der Waals surface area (Å²) in [6.45, 7) is 10.9. The Labute approximate surface area is 240 Å². The standard InChI is InChI=1S/C36H42N4/c1-5-13-31(14-6-1)25-38(26-32-15-7-2-8-16-32)30-35(39-23-24-39)36(29-37-21-22-37)40(27-33-17-9-3-10-18-33)28-34-19-11-4-12-20-34/h1-20,35-36H,21-30H2. The van der Waals surface area contributed by atoms with E-state index in [0.29, 0.717) is 12.1 Å². The number of nitrogens with zero attached hydrogens (tertiary/aromatic N) is 4. The van der Waals surface area contributed by atoms with E-state index in [2.05, 4.69) is 141 Å². The second-order valence-electron chi connectivity index (χ2n) is 11.5. The molecule has 2 aliphatic heterocycles. The molecule has 2 heterocycles. The van der Waals surface area contributed by atoms with Gasteiger partial charge < -0.3 is 0 Å². The summed E-state index contributed by atoms with van der Waals surface area (Å²) in [6, 6.07) is 45.0. The van der Waals surface area contributed by atoms with Gasteiger partial charge in [0.25, 0.3) is 0 Å². The molecule has 2 fully saturated rings. The lowest BCUT2D eigenvalue weighted by Gasteiger charge is -2.40. The van der Waals surface area contributed by atoms with Gasteiger partial charge in [0.2, 0.25) is 0 Å². The van der Waals surface area contributed by atoms with Gasteiger partial charge >= 0.3 is 0 Å². The summed E-state index contributed by atoms with van der Waals surface area (Å²) in [7, 11) is 0. The van der Waals surface area contributed by atoms with Crippen molar-refractivity contribution in [1.82, 2.24) is 19.6 Å². The van der Waals surface area contributed by atoms with Crippen LogP contribution in [0.5, 0.6) is 0 Å². The Bertz CT molecular complexity index is 1190. The molecule has 0 aliphatic carbocycles. The van der Waals surface area contributed by atoms with Crippen molar-refractivity contribution < 1.29 is 0 Å². The van der Waals surface area contributed by atoms with Crippen molar-refractivity contribution in [3.63, 3.8) is 0 Å². The highest BCUT2D eigenvalue weighted by atomic mass is 15.4. The molecule has 4 aromatic rings. The molecule has 4 nitrogen and oxygen atoms in total. The van der Waals surface area contributed by atoms with Gasteiger partial charge in [-0.2, -0.15) is 0 Å². The molecule has 0 N–H and O–H groups in total. The summed E-state index contributed by atoms with van der Waals surface area (Å²) >= 11 is 0. The first-order chi connectivity index (χ1) is 19.8. The second kappa shape index (κ2) is 13.4. The van der Waals surface area contributed by atoms with Crippen LogP contribution in [-0.2, 0) is 26.2 Å². The van der Waals surface area contributed by atoms with E-state index >= 15 is 0 Å². The minimum Gasteiger partial charge on any atom is -0.299 e. The fourth-order valence-electron chi connectivity index (χ4n) is 5.93. The molecular formula is C36H42N4. The van der Waals surface area contributed by atoms with Crippen LogP contribution in [0.25, 0.3) is 0 Å². The lowest BCUT2D eigenvalue weighted by atomic mass is 10.0. The lowest BCUT2D eigenvalue weighted by Crippen LogP contribution is -2.54. The van der Waals surface area contributed by atoms with E-state index in [-0.39, 0.29) is 0 Å². The van der Waals surface area contributed by atoms with Gasteiger partial charge in [0.1, 0.15) is 0 Å². The molecule has 6 rings (SSSR count). The highest BCUT2D eigenvalue weighted by molar-refractivity contribution is 5.20. The predicted octanol–water partition coefficient (Wildman–Crippen LogP) is 5.76. The van der Waals surface area contributed by atoms with Gasteiger partial charge in [-0.1, -0.05) is 121 Å². The first kappa shape index (κ1) is 26.9. The maximum atomic E-state index is 2.77. The number of rotatable bonds is 15. The smallest absolute Gasteiger partial charge is 0.0398 e. The van der Waals surface area contributed by atoms with Gasteiger partial charge in [-0.25, -0.2) is 0 Å². The van der Waals surface area contributed by atoms with E-state index in [4.69, 9.17) is 0 Å². The van der Waals surface area contributed by atoms with Crippen LogP contribution < -0.4 is 0 Å². The molecule has 0 saturated carbocycles. The van der Waals surface area contributed by atoms with Crippen molar-refractivity contribution in [2.75, 3.05) is 39.3 Å². The number of hydrogen-bond donors (Lipinski definition) is 0. The molecule has 0 amide bonds. The molecule has 0 aromatic heterocycles. The molecule has 2 saturated heterocycles. The average molecular weight is 531 g/mol. The first-order valence-electron chi connectivity index (χ1n) is 14.9. The number of benzene rings is 4. The topological polar surface area (TPSA) is 12.5 Å². The molecule has 206 valence electrons. The van der Waals surface area contributed by atoms with E-state index in [1.807, 2.05) is 0 Å².